The molecule has 0 atom stereocenters. The van der Waals surface area contributed by atoms with Crippen LogP contribution in [0.15, 0.2) is 23.3 Å². The first-order chi connectivity index (χ1) is 6.79. The van der Waals surface area contributed by atoms with Gasteiger partial charge in [-0.15, -0.1) is 0 Å². The molecule has 0 saturated carbocycles. The summed E-state index contributed by atoms with van der Waals surface area (Å²) in [6, 6.07) is 0. The number of Topliss-reactive ketones (excluding diaryl/α,β-unsaturated/α-hetero) is 1. The van der Waals surface area contributed by atoms with E-state index in [1.807, 2.05) is 19.9 Å². The predicted octanol–water partition coefficient (Wildman–Crippen LogP) is 3.80. The number of hydrogen-bond donors (Lipinski definition) is 0. The van der Waals surface area contributed by atoms with Crippen molar-refractivity contribution in [3.63, 3.8) is 0 Å². The Kier molecular flexibility index (Phi) is 4.64. The molecule has 0 unspecified atom stereocenters. The van der Waals surface area contributed by atoms with E-state index >= 15 is 0 Å². The van der Waals surface area contributed by atoms with Gasteiger partial charge in [-0.1, -0.05) is 25.5 Å². The summed E-state index contributed by atoms with van der Waals surface area (Å²) < 4.78 is 0. The van der Waals surface area contributed by atoms with Crippen LogP contribution in [0.4, 0.5) is 0 Å². The third kappa shape index (κ3) is 2.83. The van der Waals surface area contributed by atoms with Crippen molar-refractivity contribution in [2.75, 3.05) is 0 Å². The minimum absolute atomic E-state index is 0.289. The lowest BCUT2D eigenvalue weighted by molar-refractivity contribution is -0.112. The van der Waals surface area contributed by atoms with Gasteiger partial charge in [-0.25, -0.2) is 0 Å². The Bertz CT molecular complexity index is 258. The van der Waals surface area contributed by atoms with Crippen LogP contribution in [0.3, 0.4) is 0 Å². The van der Waals surface area contributed by atoms with E-state index in [0.717, 1.165) is 30.4 Å². The van der Waals surface area contributed by atoms with Crippen molar-refractivity contribution in [1.29, 1.82) is 0 Å². The van der Waals surface area contributed by atoms with E-state index in [1.54, 1.807) is 0 Å². The summed E-state index contributed by atoms with van der Waals surface area (Å²) in [6.45, 7) is 4.00. The summed E-state index contributed by atoms with van der Waals surface area (Å²) in [4.78, 5) is 12.0. The smallest absolute Gasteiger partial charge is 0.184 e. The molecule has 1 aliphatic carbocycles. The second-order valence-corrected chi connectivity index (χ2v) is 3.83. The second-order valence-electron chi connectivity index (χ2n) is 3.83. The zero-order chi connectivity index (χ0) is 10.4. The van der Waals surface area contributed by atoms with Crippen molar-refractivity contribution >= 4 is 5.78 Å². The quantitative estimate of drug-likeness (QED) is 0.621. The standard InChI is InChI=1S/C13H20O/c1-3-11(4-2)13(14)12-9-7-5-6-8-10-12/h3,9H,4-8,10H2,1-2H3. The maximum absolute atomic E-state index is 12.0. The molecule has 0 amide bonds. The monoisotopic (exact) mass is 192 g/mol. The maximum Gasteiger partial charge on any atom is 0.184 e. The first-order valence-corrected chi connectivity index (χ1v) is 5.68. The molecule has 0 saturated heterocycles. The van der Waals surface area contributed by atoms with E-state index in [1.165, 1.54) is 19.3 Å². The largest absolute Gasteiger partial charge is 0.289 e. The number of carbonyl (C=O) groups is 1. The molecule has 0 N–H and O–H groups in total. The van der Waals surface area contributed by atoms with Crippen molar-refractivity contribution in [3.05, 3.63) is 23.3 Å². The van der Waals surface area contributed by atoms with Gasteiger partial charge < -0.3 is 0 Å². The highest BCUT2D eigenvalue weighted by Crippen LogP contribution is 2.21. The van der Waals surface area contributed by atoms with Crippen LogP contribution in [0.1, 0.15) is 52.4 Å². The predicted molar refractivity (Wildman–Crippen MR) is 60.2 cm³/mol. The van der Waals surface area contributed by atoms with Gasteiger partial charge in [-0.2, -0.15) is 0 Å². The molecule has 0 aliphatic heterocycles. The van der Waals surface area contributed by atoms with Crippen LogP contribution in [0.5, 0.6) is 0 Å². The number of ketones is 1. The fourth-order valence-corrected chi connectivity index (χ4v) is 1.92. The van der Waals surface area contributed by atoms with Crippen LogP contribution in [-0.2, 0) is 4.79 Å². The first kappa shape index (κ1) is 11.2. The number of carbonyl (C=O) groups excluding carboxylic acids is 1. The van der Waals surface area contributed by atoms with Crippen LogP contribution in [0.2, 0.25) is 0 Å². The molecule has 14 heavy (non-hydrogen) atoms. The Morgan fingerprint density at radius 2 is 2.21 bits per heavy atom. The van der Waals surface area contributed by atoms with E-state index < -0.39 is 0 Å². The zero-order valence-corrected chi connectivity index (χ0v) is 9.31. The normalized spacial score (nSPS) is 18.7. The van der Waals surface area contributed by atoms with Gasteiger partial charge in [0.25, 0.3) is 0 Å². The van der Waals surface area contributed by atoms with Gasteiger partial charge in [-0.3, -0.25) is 4.79 Å². The molecule has 0 heterocycles. The van der Waals surface area contributed by atoms with Crippen molar-refractivity contribution in [2.24, 2.45) is 0 Å². The molecule has 1 nitrogen and oxygen atoms in total. The molecule has 0 spiro atoms. The lowest BCUT2D eigenvalue weighted by Crippen LogP contribution is -2.05. The maximum atomic E-state index is 12.0. The summed E-state index contributed by atoms with van der Waals surface area (Å²) in [5.74, 6) is 0.289. The molecule has 0 fully saturated rings. The van der Waals surface area contributed by atoms with Crippen molar-refractivity contribution < 1.29 is 4.79 Å². The topological polar surface area (TPSA) is 17.1 Å². The fourth-order valence-electron chi connectivity index (χ4n) is 1.92. The molecule has 0 bridgehead atoms. The molecular weight excluding hydrogens is 172 g/mol. The molecule has 0 radical (unpaired) electrons. The highest BCUT2D eigenvalue weighted by molar-refractivity contribution is 6.08. The van der Waals surface area contributed by atoms with Gasteiger partial charge in [0.2, 0.25) is 0 Å². The molecule has 1 heteroatoms. The van der Waals surface area contributed by atoms with Gasteiger partial charge in [0, 0.05) is 0 Å². The third-order valence-electron chi connectivity index (χ3n) is 2.85. The lowest BCUT2D eigenvalue weighted by atomic mass is 9.98. The molecule has 0 aromatic carbocycles. The second kappa shape index (κ2) is 5.79. The summed E-state index contributed by atoms with van der Waals surface area (Å²) in [5.41, 5.74) is 2.02. The highest BCUT2D eigenvalue weighted by Gasteiger charge is 2.13. The summed E-state index contributed by atoms with van der Waals surface area (Å²) in [7, 11) is 0. The Morgan fingerprint density at radius 3 is 2.86 bits per heavy atom. The van der Waals surface area contributed by atoms with Crippen molar-refractivity contribution in [1.82, 2.24) is 0 Å². The van der Waals surface area contributed by atoms with Gasteiger partial charge in [0.05, 0.1) is 0 Å². The summed E-state index contributed by atoms with van der Waals surface area (Å²) >= 11 is 0. The molecular formula is C13H20O. The summed E-state index contributed by atoms with van der Waals surface area (Å²) in [5, 5.41) is 0. The van der Waals surface area contributed by atoms with Crippen LogP contribution in [-0.4, -0.2) is 5.78 Å². The molecule has 0 aromatic rings. The summed E-state index contributed by atoms with van der Waals surface area (Å²) in [6.07, 6.45) is 10.7. The molecule has 0 aromatic heterocycles. The van der Waals surface area contributed by atoms with Crippen molar-refractivity contribution in [3.8, 4) is 0 Å². The Hall–Kier alpha value is -0.850. The molecule has 1 aliphatic rings. The third-order valence-corrected chi connectivity index (χ3v) is 2.85. The fraction of sp³-hybridized carbons (Fsp3) is 0.615. The van der Waals surface area contributed by atoms with Gasteiger partial charge >= 0.3 is 0 Å². The van der Waals surface area contributed by atoms with Crippen LogP contribution < -0.4 is 0 Å². The minimum Gasteiger partial charge on any atom is -0.289 e. The molecule has 1 rings (SSSR count). The highest BCUT2D eigenvalue weighted by atomic mass is 16.1. The van der Waals surface area contributed by atoms with E-state index in [-0.39, 0.29) is 5.78 Å². The van der Waals surface area contributed by atoms with Crippen molar-refractivity contribution in [2.45, 2.75) is 52.4 Å². The van der Waals surface area contributed by atoms with E-state index in [4.69, 9.17) is 0 Å². The van der Waals surface area contributed by atoms with Crippen LogP contribution >= 0.6 is 0 Å². The number of hydrogen-bond acceptors (Lipinski definition) is 1. The van der Waals surface area contributed by atoms with Gasteiger partial charge in [-0.05, 0) is 50.2 Å². The Morgan fingerprint density at radius 1 is 1.43 bits per heavy atom. The SMILES string of the molecule is CC=C(CC)C(=O)C1=CCCCCC1. The zero-order valence-electron chi connectivity index (χ0n) is 9.31. The van der Waals surface area contributed by atoms with Crippen LogP contribution in [0.25, 0.3) is 0 Å². The van der Waals surface area contributed by atoms with Gasteiger partial charge in [0.1, 0.15) is 0 Å². The Balaban J connectivity index is 2.71. The Labute approximate surface area is 86.9 Å². The lowest BCUT2D eigenvalue weighted by Gasteiger charge is -2.06. The van der Waals surface area contributed by atoms with E-state index in [0.29, 0.717) is 0 Å². The minimum atomic E-state index is 0.289. The average Bonchev–Trinajstić information content (AvgIpc) is 2.47. The molecule has 78 valence electrons. The van der Waals surface area contributed by atoms with E-state index in [2.05, 4.69) is 6.08 Å². The van der Waals surface area contributed by atoms with Crippen LogP contribution in [0, 0.1) is 0 Å². The average molecular weight is 192 g/mol. The van der Waals surface area contributed by atoms with Gasteiger partial charge in [0.15, 0.2) is 5.78 Å². The number of rotatable bonds is 3. The number of allylic oxidation sites excluding steroid dienone is 4. The first-order valence-electron chi connectivity index (χ1n) is 5.68. The van der Waals surface area contributed by atoms with E-state index in [9.17, 15) is 4.79 Å².